The first-order valence-corrected chi connectivity index (χ1v) is 9.10. The highest BCUT2D eigenvalue weighted by molar-refractivity contribution is 5.78. The Morgan fingerprint density at radius 2 is 1.59 bits per heavy atom. The molecule has 0 spiro atoms. The van der Waals surface area contributed by atoms with Crippen molar-refractivity contribution in [3.63, 3.8) is 0 Å². The van der Waals surface area contributed by atoms with Crippen LogP contribution in [0.25, 0.3) is 0 Å². The third-order valence-electron chi connectivity index (χ3n) is 3.43. The maximum absolute atomic E-state index is 12.5. The second kappa shape index (κ2) is 8.97. The van der Waals surface area contributed by atoms with E-state index in [1.54, 1.807) is 53.7 Å². The molecular formula is C20H33N3O4. The minimum atomic E-state index is -0.651. The number of nitrogen functional groups attached to an aromatic ring is 2. The molecule has 1 rings (SSSR count). The quantitative estimate of drug-likeness (QED) is 0.579. The van der Waals surface area contributed by atoms with Crippen LogP contribution >= 0.6 is 0 Å². The van der Waals surface area contributed by atoms with Crippen LogP contribution in [0, 0.1) is 0 Å². The van der Waals surface area contributed by atoms with Gasteiger partial charge in [0.1, 0.15) is 17.7 Å². The molecule has 1 amide bonds. The maximum Gasteiger partial charge on any atom is 0.410 e. The molecule has 0 atom stereocenters. The maximum atomic E-state index is 12.5. The van der Waals surface area contributed by atoms with Crippen LogP contribution in [0.1, 0.15) is 53.5 Å². The van der Waals surface area contributed by atoms with E-state index in [0.29, 0.717) is 30.8 Å². The topological polar surface area (TPSA) is 108 Å². The molecular weight excluding hydrogens is 346 g/mol. The molecule has 0 heterocycles. The fraction of sp³-hybridized carbons (Fsp3) is 0.600. The van der Waals surface area contributed by atoms with E-state index >= 15 is 0 Å². The second-order valence-corrected chi connectivity index (χ2v) is 8.55. The highest BCUT2D eigenvalue weighted by Crippen LogP contribution is 2.18. The van der Waals surface area contributed by atoms with Gasteiger partial charge in [-0.15, -0.1) is 0 Å². The van der Waals surface area contributed by atoms with Crippen LogP contribution in [0.2, 0.25) is 0 Å². The number of nitrogens with zero attached hydrogens (tertiary/aromatic N) is 1. The summed E-state index contributed by atoms with van der Waals surface area (Å²) in [6.07, 6.45) is 0.689. The van der Waals surface area contributed by atoms with Crippen molar-refractivity contribution in [3.8, 4) is 0 Å². The third kappa shape index (κ3) is 9.17. The van der Waals surface area contributed by atoms with Gasteiger partial charge in [0.15, 0.2) is 0 Å². The summed E-state index contributed by atoms with van der Waals surface area (Å²) in [6.45, 7) is 10.9. The molecule has 0 saturated heterocycles. The fourth-order valence-electron chi connectivity index (χ4n) is 2.39. The predicted molar refractivity (Wildman–Crippen MR) is 107 cm³/mol. The second-order valence-electron chi connectivity index (χ2n) is 8.55. The number of carbonyl (C=O) groups excluding carboxylic acids is 2. The third-order valence-corrected chi connectivity index (χ3v) is 3.43. The zero-order chi connectivity index (χ0) is 20.8. The average Bonchev–Trinajstić information content (AvgIpc) is 2.46. The van der Waals surface area contributed by atoms with Gasteiger partial charge in [0.2, 0.25) is 0 Å². The number of amides is 1. The molecule has 0 bridgehead atoms. The Hall–Kier alpha value is -2.44. The van der Waals surface area contributed by atoms with Gasteiger partial charge in [-0.3, -0.25) is 9.69 Å². The van der Waals surface area contributed by atoms with Crippen molar-refractivity contribution in [1.82, 2.24) is 4.90 Å². The molecule has 0 aliphatic carbocycles. The number of hydrogen-bond acceptors (Lipinski definition) is 6. The Kier molecular flexibility index (Phi) is 7.51. The predicted octanol–water partition coefficient (Wildman–Crippen LogP) is 3.36. The van der Waals surface area contributed by atoms with Crippen LogP contribution < -0.4 is 11.5 Å². The zero-order valence-corrected chi connectivity index (χ0v) is 17.3. The molecule has 0 aliphatic rings. The number of esters is 1. The van der Waals surface area contributed by atoms with Gasteiger partial charge in [-0.05, 0) is 78.1 Å². The summed E-state index contributed by atoms with van der Waals surface area (Å²) >= 11 is 0. The molecule has 0 aromatic heterocycles. The van der Waals surface area contributed by atoms with Crippen molar-refractivity contribution < 1.29 is 19.1 Å². The van der Waals surface area contributed by atoms with Crippen LogP contribution in [0.3, 0.4) is 0 Å². The standard InChI is InChI=1S/C20H33N3O4/c1-19(2,3)26-17(24)13-23(18(25)27-20(4,5)6)11-7-8-14-12-15(21)9-10-16(14)22/h9-10,12H,7-8,11,13,21-22H2,1-6H3. The van der Waals surface area contributed by atoms with E-state index in [2.05, 4.69) is 0 Å². The fourth-order valence-corrected chi connectivity index (χ4v) is 2.39. The van der Waals surface area contributed by atoms with Gasteiger partial charge in [0.05, 0.1) is 0 Å². The number of rotatable bonds is 6. The number of benzene rings is 1. The lowest BCUT2D eigenvalue weighted by atomic mass is 10.1. The van der Waals surface area contributed by atoms with Gasteiger partial charge < -0.3 is 20.9 Å². The van der Waals surface area contributed by atoms with E-state index in [9.17, 15) is 9.59 Å². The summed E-state index contributed by atoms with van der Waals surface area (Å²) in [5.74, 6) is -0.475. The van der Waals surface area contributed by atoms with Gasteiger partial charge in [0.25, 0.3) is 0 Å². The largest absolute Gasteiger partial charge is 0.459 e. The van der Waals surface area contributed by atoms with Gasteiger partial charge in [-0.25, -0.2) is 4.79 Å². The summed E-state index contributed by atoms with van der Waals surface area (Å²) in [5, 5.41) is 0. The molecule has 1 aromatic carbocycles. The Balaban J connectivity index is 2.76. The molecule has 0 fully saturated rings. The van der Waals surface area contributed by atoms with Crippen molar-refractivity contribution in [1.29, 1.82) is 0 Å². The van der Waals surface area contributed by atoms with Crippen molar-refractivity contribution in [3.05, 3.63) is 23.8 Å². The van der Waals surface area contributed by atoms with E-state index in [1.165, 1.54) is 4.90 Å². The Labute approximate surface area is 162 Å². The minimum absolute atomic E-state index is 0.168. The number of nitrogens with two attached hydrogens (primary N) is 2. The van der Waals surface area contributed by atoms with Gasteiger partial charge >= 0.3 is 12.1 Å². The summed E-state index contributed by atoms with van der Waals surface area (Å²) in [4.78, 5) is 26.0. The smallest absolute Gasteiger partial charge is 0.410 e. The van der Waals surface area contributed by atoms with E-state index in [-0.39, 0.29) is 6.54 Å². The molecule has 7 heteroatoms. The summed E-state index contributed by atoms with van der Waals surface area (Å²) in [7, 11) is 0. The molecule has 0 aliphatic heterocycles. The zero-order valence-electron chi connectivity index (χ0n) is 17.3. The van der Waals surface area contributed by atoms with E-state index in [4.69, 9.17) is 20.9 Å². The van der Waals surface area contributed by atoms with Crippen LogP contribution in [-0.4, -0.2) is 41.3 Å². The molecule has 0 radical (unpaired) electrons. The van der Waals surface area contributed by atoms with E-state index in [1.807, 2.05) is 6.07 Å². The van der Waals surface area contributed by atoms with Gasteiger partial charge in [-0.1, -0.05) is 0 Å². The molecule has 0 saturated carbocycles. The minimum Gasteiger partial charge on any atom is -0.459 e. The molecule has 27 heavy (non-hydrogen) atoms. The number of ether oxygens (including phenoxy) is 2. The van der Waals surface area contributed by atoms with Crippen molar-refractivity contribution in [2.45, 2.75) is 65.6 Å². The first-order valence-electron chi connectivity index (χ1n) is 9.10. The lowest BCUT2D eigenvalue weighted by molar-refractivity contribution is -0.156. The lowest BCUT2D eigenvalue weighted by Crippen LogP contribution is -2.42. The molecule has 0 unspecified atom stereocenters. The molecule has 7 nitrogen and oxygen atoms in total. The van der Waals surface area contributed by atoms with Crippen molar-refractivity contribution in [2.75, 3.05) is 24.6 Å². The number of aryl methyl sites for hydroxylation is 1. The van der Waals surface area contributed by atoms with Crippen LogP contribution in [0.5, 0.6) is 0 Å². The Morgan fingerprint density at radius 3 is 2.15 bits per heavy atom. The first kappa shape index (κ1) is 22.6. The van der Waals surface area contributed by atoms with Crippen LogP contribution in [0.15, 0.2) is 18.2 Å². The van der Waals surface area contributed by atoms with E-state index < -0.39 is 23.3 Å². The number of hydrogen-bond donors (Lipinski definition) is 2. The van der Waals surface area contributed by atoms with Crippen molar-refractivity contribution in [2.24, 2.45) is 0 Å². The molecule has 152 valence electrons. The Bertz CT molecular complexity index is 660. The summed E-state index contributed by atoms with van der Waals surface area (Å²) < 4.78 is 10.7. The Morgan fingerprint density at radius 1 is 1.00 bits per heavy atom. The van der Waals surface area contributed by atoms with Crippen LogP contribution in [-0.2, 0) is 20.7 Å². The summed E-state index contributed by atoms with van der Waals surface area (Å²) in [6, 6.07) is 5.33. The average molecular weight is 380 g/mol. The molecule has 4 N–H and O–H groups in total. The van der Waals surface area contributed by atoms with Gasteiger partial charge in [-0.2, -0.15) is 0 Å². The number of anilines is 2. The monoisotopic (exact) mass is 379 g/mol. The van der Waals surface area contributed by atoms with Crippen molar-refractivity contribution >= 4 is 23.4 Å². The molecule has 1 aromatic rings. The highest BCUT2D eigenvalue weighted by Gasteiger charge is 2.26. The lowest BCUT2D eigenvalue weighted by Gasteiger charge is -2.28. The SMILES string of the molecule is CC(C)(C)OC(=O)CN(CCCc1cc(N)ccc1N)C(=O)OC(C)(C)C. The highest BCUT2D eigenvalue weighted by atomic mass is 16.6. The van der Waals surface area contributed by atoms with Crippen LogP contribution in [0.4, 0.5) is 16.2 Å². The van der Waals surface area contributed by atoms with E-state index in [0.717, 1.165) is 5.56 Å². The first-order chi connectivity index (χ1) is 12.3. The summed E-state index contributed by atoms with van der Waals surface area (Å²) in [5.41, 5.74) is 12.7. The number of carbonyl (C=O) groups is 2. The normalized spacial score (nSPS) is 11.8. The van der Waals surface area contributed by atoms with Gasteiger partial charge in [0, 0.05) is 17.9 Å².